The standard InChI is InChI=1S/C13H20BClN2/c1-9(12-6-10(7-15)8-16-12)17-13(14)11-4-2-3-5-11/h6,11,13,17H,1-5,7-8,14H2. The van der Waals surface area contributed by atoms with E-state index in [4.69, 9.17) is 11.6 Å². The summed E-state index contributed by atoms with van der Waals surface area (Å²) >= 11 is 5.80. The van der Waals surface area contributed by atoms with Crippen LogP contribution in [0.3, 0.4) is 0 Å². The average molecular weight is 251 g/mol. The molecule has 0 amide bonds. The van der Waals surface area contributed by atoms with Crippen LogP contribution in [0.1, 0.15) is 25.7 Å². The van der Waals surface area contributed by atoms with E-state index in [1.165, 1.54) is 31.3 Å². The smallest absolute Gasteiger partial charge is 0.130 e. The summed E-state index contributed by atoms with van der Waals surface area (Å²) in [5, 5.41) is 3.50. The second kappa shape index (κ2) is 5.77. The molecular formula is C13H20BClN2. The lowest BCUT2D eigenvalue weighted by molar-refractivity contribution is 0.481. The lowest BCUT2D eigenvalue weighted by Crippen LogP contribution is -2.36. The van der Waals surface area contributed by atoms with Gasteiger partial charge in [0.05, 0.1) is 18.0 Å². The highest BCUT2D eigenvalue weighted by molar-refractivity contribution is 6.21. The minimum atomic E-state index is 0.501. The molecule has 2 aliphatic rings. The van der Waals surface area contributed by atoms with Crippen molar-refractivity contribution in [3.63, 3.8) is 0 Å². The second-order valence-electron chi connectivity index (χ2n) is 5.09. The largest absolute Gasteiger partial charge is 0.389 e. The number of alkyl halides is 1. The van der Waals surface area contributed by atoms with Crippen molar-refractivity contribution in [3.05, 3.63) is 23.9 Å². The van der Waals surface area contributed by atoms with E-state index >= 15 is 0 Å². The Morgan fingerprint density at radius 1 is 1.59 bits per heavy atom. The SMILES string of the molecule is BC(NC(=C)C1=NCC(CCl)=C1)C1CCCC1. The fraction of sp³-hybridized carbons (Fsp3) is 0.615. The molecule has 4 heteroatoms. The molecule has 0 bridgehead atoms. The summed E-state index contributed by atoms with van der Waals surface area (Å²) in [6, 6.07) is 0. The Bertz CT molecular complexity index is 356. The van der Waals surface area contributed by atoms with Gasteiger partial charge in [-0.05, 0) is 36.3 Å². The molecule has 2 rings (SSSR count). The van der Waals surface area contributed by atoms with Gasteiger partial charge in [-0.2, -0.15) is 0 Å². The first-order valence-corrected chi connectivity index (χ1v) is 7.00. The average Bonchev–Trinajstić information content (AvgIpc) is 3.00. The summed E-state index contributed by atoms with van der Waals surface area (Å²) in [6.45, 7) is 4.82. The summed E-state index contributed by atoms with van der Waals surface area (Å²) in [7, 11) is 2.25. The molecule has 1 atom stereocenters. The molecule has 1 fully saturated rings. The van der Waals surface area contributed by atoms with Gasteiger partial charge in [-0.3, -0.25) is 4.99 Å². The van der Waals surface area contributed by atoms with Crippen LogP contribution >= 0.6 is 11.6 Å². The van der Waals surface area contributed by atoms with E-state index in [2.05, 4.69) is 30.8 Å². The third-order valence-electron chi connectivity index (χ3n) is 3.78. The van der Waals surface area contributed by atoms with Gasteiger partial charge in [0.1, 0.15) is 7.85 Å². The number of hydrogen-bond donors (Lipinski definition) is 1. The number of nitrogens with zero attached hydrogens (tertiary/aromatic N) is 1. The molecule has 1 saturated carbocycles. The van der Waals surface area contributed by atoms with Crippen LogP contribution in [-0.2, 0) is 0 Å². The van der Waals surface area contributed by atoms with Gasteiger partial charge >= 0.3 is 0 Å². The highest BCUT2D eigenvalue weighted by Crippen LogP contribution is 2.27. The molecule has 92 valence electrons. The molecule has 2 nitrogen and oxygen atoms in total. The van der Waals surface area contributed by atoms with E-state index in [0.717, 1.165) is 23.9 Å². The minimum absolute atomic E-state index is 0.501. The summed E-state index contributed by atoms with van der Waals surface area (Å²) < 4.78 is 0. The van der Waals surface area contributed by atoms with Gasteiger partial charge in [0.25, 0.3) is 0 Å². The highest BCUT2D eigenvalue weighted by Gasteiger charge is 2.22. The first kappa shape index (κ1) is 12.8. The van der Waals surface area contributed by atoms with E-state index < -0.39 is 0 Å². The van der Waals surface area contributed by atoms with Crippen LogP contribution in [0.25, 0.3) is 0 Å². The van der Waals surface area contributed by atoms with Crippen LogP contribution in [0.4, 0.5) is 0 Å². The molecule has 0 radical (unpaired) electrons. The molecule has 0 aromatic carbocycles. The van der Waals surface area contributed by atoms with Crippen LogP contribution in [0.2, 0.25) is 0 Å². The Morgan fingerprint density at radius 2 is 2.29 bits per heavy atom. The highest BCUT2D eigenvalue weighted by atomic mass is 35.5. The van der Waals surface area contributed by atoms with Crippen molar-refractivity contribution in [3.8, 4) is 0 Å². The monoisotopic (exact) mass is 250 g/mol. The van der Waals surface area contributed by atoms with Crippen molar-refractivity contribution in [2.75, 3.05) is 12.4 Å². The summed E-state index contributed by atoms with van der Waals surface area (Å²) in [5.74, 6) is 1.87. The van der Waals surface area contributed by atoms with Crippen molar-refractivity contribution in [1.29, 1.82) is 0 Å². The van der Waals surface area contributed by atoms with Crippen molar-refractivity contribution in [2.24, 2.45) is 10.9 Å². The van der Waals surface area contributed by atoms with E-state index in [0.29, 0.717) is 11.8 Å². The maximum absolute atomic E-state index is 5.80. The van der Waals surface area contributed by atoms with E-state index in [-0.39, 0.29) is 0 Å². The van der Waals surface area contributed by atoms with Crippen LogP contribution in [0.15, 0.2) is 28.9 Å². The van der Waals surface area contributed by atoms with Gasteiger partial charge in [0.2, 0.25) is 0 Å². The molecule has 0 spiro atoms. The van der Waals surface area contributed by atoms with Crippen molar-refractivity contribution in [1.82, 2.24) is 5.32 Å². The summed E-state index contributed by atoms with van der Waals surface area (Å²) in [6.07, 6.45) is 7.50. The van der Waals surface area contributed by atoms with E-state index in [9.17, 15) is 0 Å². The third-order valence-corrected chi connectivity index (χ3v) is 4.13. The van der Waals surface area contributed by atoms with Crippen molar-refractivity contribution in [2.45, 2.75) is 31.6 Å². The van der Waals surface area contributed by atoms with Gasteiger partial charge in [-0.25, -0.2) is 0 Å². The topological polar surface area (TPSA) is 24.4 Å². The Kier molecular flexibility index (Phi) is 4.33. The molecule has 1 heterocycles. The van der Waals surface area contributed by atoms with Crippen LogP contribution < -0.4 is 5.32 Å². The number of rotatable bonds is 5. The molecule has 0 aromatic rings. The normalized spacial score (nSPS) is 22.2. The van der Waals surface area contributed by atoms with Gasteiger partial charge < -0.3 is 5.32 Å². The van der Waals surface area contributed by atoms with Gasteiger partial charge in [-0.1, -0.05) is 19.4 Å². The van der Waals surface area contributed by atoms with E-state index in [1.54, 1.807) is 0 Å². The van der Waals surface area contributed by atoms with Crippen molar-refractivity contribution < 1.29 is 0 Å². The second-order valence-corrected chi connectivity index (χ2v) is 5.36. The van der Waals surface area contributed by atoms with Crippen LogP contribution in [-0.4, -0.2) is 31.9 Å². The molecule has 17 heavy (non-hydrogen) atoms. The van der Waals surface area contributed by atoms with Gasteiger partial charge in [0, 0.05) is 5.88 Å². The Labute approximate surface area is 110 Å². The Balaban J connectivity index is 1.87. The Hall–Kier alpha value is -0.695. The minimum Gasteiger partial charge on any atom is -0.389 e. The lowest BCUT2D eigenvalue weighted by atomic mass is 9.82. The predicted octanol–water partition coefficient (Wildman–Crippen LogP) is 1.86. The number of aliphatic imine (C=N–C) groups is 1. The molecule has 1 aliphatic heterocycles. The fourth-order valence-corrected chi connectivity index (χ4v) is 2.82. The number of hydrogen-bond acceptors (Lipinski definition) is 2. The van der Waals surface area contributed by atoms with Crippen LogP contribution in [0.5, 0.6) is 0 Å². The predicted molar refractivity (Wildman–Crippen MR) is 77.7 cm³/mol. The maximum atomic E-state index is 5.80. The number of halogens is 1. The maximum Gasteiger partial charge on any atom is 0.130 e. The molecule has 0 saturated heterocycles. The van der Waals surface area contributed by atoms with Gasteiger partial charge in [0.15, 0.2) is 0 Å². The zero-order valence-corrected chi connectivity index (χ0v) is 11.3. The molecule has 1 unspecified atom stereocenters. The van der Waals surface area contributed by atoms with Gasteiger partial charge in [-0.15, -0.1) is 11.6 Å². The number of nitrogens with one attached hydrogen (secondary N) is 1. The third kappa shape index (κ3) is 3.15. The zero-order valence-electron chi connectivity index (χ0n) is 10.5. The zero-order chi connectivity index (χ0) is 12.3. The van der Waals surface area contributed by atoms with E-state index in [1.807, 2.05) is 0 Å². The first-order chi connectivity index (χ1) is 8.20. The summed E-state index contributed by atoms with van der Waals surface area (Å²) in [4.78, 5) is 4.45. The quantitative estimate of drug-likeness (QED) is 0.585. The molecule has 0 aromatic heterocycles. The fourth-order valence-electron chi connectivity index (χ4n) is 2.66. The molecule has 1 aliphatic carbocycles. The van der Waals surface area contributed by atoms with Crippen LogP contribution in [0, 0.1) is 5.92 Å². The molecule has 1 N–H and O–H groups in total. The molecular weight excluding hydrogens is 230 g/mol. The first-order valence-electron chi connectivity index (χ1n) is 6.46. The Morgan fingerprint density at radius 3 is 2.88 bits per heavy atom. The lowest BCUT2D eigenvalue weighted by Gasteiger charge is -2.22. The summed E-state index contributed by atoms with van der Waals surface area (Å²) in [5.41, 5.74) is 3.10. The number of allylic oxidation sites excluding steroid dienone is 1. The van der Waals surface area contributed by atoms with Crippen molar-refractivity contribution >= 4 is 25.2 Å².